The number of aryl methyl sites for hydroxylation is 1. The summed E-state index contributed by atoms with van der Waals surface area (Å²) in [5.41, 5.74) is 4.87. The smallest absolute Gasteiger partial charge is 0.0645 e. The first-order valence-corrected chi connectivity index (χ1v) is 7.88. The molecule has 1 nitrogen and oxygen atoms in total. The molecule has 2 aromatic carbocycles. The molecule has 2 rings (SSSR count). The fraction of sp³-hybridized carbons (Fsp3) is 0.294. The van der Waals surface area contributed by atoms with Crippen molar-refractivity contribution in [3.05, 3.63) is 69.7 Å². The highest BCUT2D eigenvalue weighted by Crippen LogP contribution is 2.33. The van der Waals surface area contributed by atoms with Crippen LogP contribution in [-0.2, 0) is 11.2 Å². The van der Waals surface area contributed by atoms with Crippen molar-refractivity contribution < 1.29 is 4.74 Å². The molecule has 3 heteroatoms. The van der Waals surface area contributed by atoms with Crippen LogP contribution in [0.4, 0.5) is 0 Å². The van der Waals surface area contributed by atoms with E-state index in [9.17, 15) is 0 Å². The van der Waals surface area contributed by atoms with Gasteiger partial charge in [0.05, 0.1) is 11.4 Å². The second-order valence-corrected chi connectivity index (χ2v) is 6.26. The Balaban J connectivity index is 2.17. The molecule has 0 radical (unpaired) electrons. The Hall–Kier alpha value is -0.830. The van der Waals surface area contributed by atoms with E-state index in [1.807, 2.05) is 12.1 Å². The lowest BCUT2D eigenvalue weighted by molar-refractivity contribution is 0.202. The zero-order valence-corrected chi connectivity index (χ0v) is 14.0. The van der Waals surface area contributed by atoms with Crippen LogP contribution in [0.2, 0.25) is 5.02 Å². The second kappa shape index (κ2) is 7.26. The number of rotatable bonds is 5. The maximum Gasteiger partial charge on any atom is 0.0645 e. The maximum absolute atomic E-state index is 6.13. The first kappa shape index (κ1) is 15.6. The molecule has 1 atom stereocenters. The second-order valence-electron chi connectivity index (χ2n) is 4.91. The minimum Gasteiger partial charge on any atom is -0.384 e. The van der Waals surface area contributed by atoms with Gasteiger partial charge in [-0.1, -0.05) is 57.9 Å². The number of hydrogen-bond acceptors (Lipinski definition) is 1. The minimum absolute atomic E-state index is 0.163. The summed E-state index contributed by atoms with van der Waals surface area (Å²) >= 11 is 9.89. The van der Waals surface area contributed by atoms with Gasteiger partial charge in [0.25, 0.3) is 0 Å². The summed E-state index contributed by atoms with van der Waals surface area (Å²) in [6.45, 7) is 2.81. The normalized spacial score (nSPS) is 12.4. The van der Waals surface area contributed by atoms with Crippen LogP contribution in [-0.4, -0.2) is 13.7 Å². The largest absolute Gasteiger partial charge is 0.384 e. The van der Waals surface area contributed by atoms with Gasteiger partial charge in [0.2, 0.25) is 0 Å². The fourth-order valence-corrected chi connectivity index (χ4v) is 3.04. The van der Waals surface area contributed by atoms with E-state index >= 15 is 0 Å². The molecule has 20 heavy (non-hydrogen) atoms. The highest BCUT2D eigenvalue weighted by molar-refractivity contribution is 9.09. The molecule has 0 bridgehead atoms. The summed E-state index contributed by atoms with van der Waals surface area (Å²) in [4.78, 5) is 0.163. The van der Waals surface area contributed by atoms with Crippen LogP contribution in [0, 0.1) is 6.92 Å². The predicted molar refractivity (Wildman–Crippen MR) is 89.0 cm³/mol. The Morgan fingerprint density at radius 3 is 2.40 bits per heavy atom. The Kier molecular flexibility index (Phi) is 5.64. The van der Waals surface area contributed by atoms with Gasteiger partial charge in [0.1, 0.15) is 0 Å². The summed E-state index contributed by atoms with van der Waals surface area (Å²) in [5.74, 6) is 0. The minimum atomic E-state index is 0.163. The molecule has 0 saturated heterocycles. The van der Waals surface area contributed by atoms with Crippen molar-refractivity contribution >= 4 is 27.5 Å². The van der Waals surface area contributed by atoms with Gasteiger partial charge in [-0.25, -0.2) is 0 Å². The average Bonchev–Trinajstić information content (AvgIpc) is 2.44. The third-order valence-electron chi connectivity index (χ3n) is 3.22. The molecule has 0 amide bonds. The molecular formula is C17H18BrClO. The Morgan fingerprint density at radius 1 is 1.10 bits per heavy atom. The molecule has 2 aromatic rings. The van der Waals surface area contributed by atoms with Crippen molar-refractivity contribution in [1.82, 2.24) is 0 Å². The van der Waals surface area contributed by atoms with Gasteiger partial charge < -0.3 is 4.74 Å². The molecule has 0 spiro atoms. The summed E-state index contributed by atoms with van der Waals surface area (Å²) < 4.78 is 5.10. The van der Waals surface area contributed by atoms with E-state index in [0.717, 1.165) is 18.1 Å². The lowest BCUT2D eigenvalue weighted by atomic mass is 10.0. The van der Waals surface area contributed by atoms with E-state index in [2.05, 4.69) is 53.2 Å². The average molecular weight is 354 g/mol. The highest BCUT2D eigenvalue weighted by Gasteiger charge is 2.11. The summed E-state index contributed by atoms with van der Waals surface area (Å²) in [6.07, 6.45) is 0.944. The van der Waals surface area contributed by atoms with Crippen LogP contribution < -0.4 is 0 Å². The molecule has 0 aromatic heterocycles. The van der Waals surface area contributed by atoms with Crippen molar-refractivity contribution in [3.63, 3.8) is 0 Å². The standard InChI is InChI=1S/C17H18BrClO/c1-12-9-15(11-16(19)10-12)17(18)14-5-3-13(4-6-14)7-8-20-2/h3-6,9-11,17H,7-8H2,1-2H3. The molecule has 0 heterocycles. The zero-order chi connectivity index (χ0) is 14.5. The van der Waals surface area contributed by atoms with Gasteiger partial charge in [-0.2, -0.15) is 0 Å². The van der Waals surface area contributed by atoms with Crippen LogP contribution in [0.15, 0.2) is 42.5 Å². The number of halogens is 2. The molecule has 0 aliphatic carbocycles. The van der Waals surface area contributed by atoms with Crippen molar-refractivity contribution in [2.45, 2.75) is 18.2 Å². The van der Waals surface area contributed by atoms with E-state index in [0.29, 0.717) is 0 Å². The lowest BCUT2D eigenvalue weighted by Gasteiger charge is -2.13. The van der Waals surface area contributed by atoms with Gasteiger partial charge >= 0.3 is 0 Å². The van der Waals surface area contributed by atoms with Crippen molar-refractivity contribution in [2.75, 3.05) is 13.7 Å². The molecule has 0 saturated carbocycles. The molecule has 0 N–H and O–H groups in total. The molecule has 0 fully saturated rings. The third-order valence-corrected chi connectivity index (χ3v) is 4.50. The fourth-order valence-electron chi connectivity index (χ4n) is 2.18. The third kappa shape index (κ3) is 4.08. The summed E-state index contributed by atoms with van der Waals surface area (Å²) in [7, 11) is 1.73. The van der Waals surface area contributed by atoms with Crippen molar-refractivity contribution in [3.8, 4) is 0 Å². The predicted octanol–water partition coefficient (Wildman–Crippen LogP) is 5.32. The summed E-state index contributed by atoms with van der Waals surface area (Å²) in [5, 5.41) is 0.779. The van der Waals surface area contributed by atoms with Gasteiger partial charge in [0.15, 0.2) is 0 Å². The van der Waals surface area contributed by atoms with E-state index in [1.54, 1.807) is 7.11 Å². The van der Waals surface area contributed by atoms with E-state index in [1.165, 1.54) is 22.3 Å². The Morgan fingerprint density at radius 2 is 1.80 bits per heavy atom. The first-order valence-electron chi connectivity index (χ1n) is 6.59. The van der Waals surface area contributed by atoms with Gasteiger partial charge in [-0.05, 0) is 47.7 Å². The number of hydrogen-bond donors (Lipinski definition) is 0. The van der Waals surface area contributed by atoms with Crippen LogP contribution >= 0.6 is 27.5 Å². The van der Waals surface area contributed by atoms with Gasteiger partial charge in [0, 0.05) is 12.1 Å². The van der Waals surface area contributed by atoms with Gasteiger partial charge in [-0.3, -0.25) is 0 Å². The van der Waals surface area contributed by atoms with Crippen LogP contribution in [0.1, 0.15) is 27.1 Å². The van der Waals surface area contributed by atoms with E-state index in [4.69, 9.17) is 16.3 Å². The van der Waals surface area contributed by atoms with E-state index in [-0.39, 0.29) is 4.83 Å². The zero-order valence-electron chi connectivity index (χ0n) is 11.7. The van der Waals surface area contributed by atoms with Crippen LogP contribution in [0.5, 0.6) is 0 Å². The lowest BCUT2D eigenvalue weighted by Crippen LogP contribution is -1.97. The van der Waals surface area contributed by atoms with Crippen LogP contribution in [0.3, 0.4) is 0 Å². The molecule has 106 valence electrons. The molecule has 1 unspecified atom stereocenters. The Labute approximate surface area is 134 Å². The SMILES string of the molecule is COCCc1ccc(C(Br)c2cc(C)cc(Cl)c2)cc1. The number of methoxy groups -OCH3 is 1. The summed E-state index contributed by atoms with van der Waals surface area (Å²) in [6, 6.07) is 14.7. The molecule has 0 aliphatic rings. The van der Waals surface area contributed by atoms with Crippen molar-refractivity contribution in [1.29, 1.82) is 0 Å². The van der Waals surface area contributed by atoms with E-state index < -0.39 is 0 Å². The molecule has 0 aliphatic heterocycles. The van der Waals surface area contributed by atoms with Gasteiger partial charge in [-0.15, -0.1) is 0 Å². The highest BCUT2D eigenvalue weighted by atomic mass is 79.9. The number of alkyl halides is 1. The topological polar surface area (TPSA) is 9.23 Å². The van der Waals surface area contributed by atoms with Crippen LogP contribution in [0.25, 0.3) is 0 Å². The van der Waals surface area contributed by atoms with Crippen molar-refractivity contribution in [2.24, 2.45) is 0 Å². The maximum atomic E-state index is 6.13. The first-order chi connectivity index (χ1) is 9.60. The quantitative estimate of drug-likeness (QED) is 0.661. The monoisotopic (exact) mass is 352 g/mol. The molecular weight excluding hydrogens is 336 g/mol. The Bertz CT molecular complexity index is 545. The number of ether oxygens (including phenoxy) is 1. The number of benzene rings is 2.